The summed E-state index contributed by atoms with van der Waals surface area (Å²) in [4.78, 5) is 4.55. The summed E-state index contributed by atoms with van der Waals surface area (Å²) in [6.07, 6.45) is 3.22. The summed E-state index contributed by atoms with van der Waals surface area (Å²) in [5.74, 6) is 0.883. The van der Waals surface area contributed by atoms with Gasteiger partial charge in [-0.05, 0) is 43.9 Å². The zero-order valence-electron chi connectivity index (χ0n) is 11.0. The van der Waals surface area contributed by atoms with Crippen LogP contribution in [0, 0.1) is 0 Å². The van der Waals surface area contributed by atoms with Crippen LogP contribution in [0.3, 0.4) is 0 Å². The van der Waals surface area contributed by atoms with Crippen molar-refractivity contribution in [2.45, 2.75) is 32.2 Å². The first kappa shape index (κ1) is 14.5. The predicted molar refractivity (Wildman–Crippen MR) is 82.3 cm³/mol. The molecule has 0 bridgehead atoms. The fraction of sp³-hybridized carbons (Fsp3) is 0.500. The highest BCUT2D eigenvalue weighted by Crippen LogP contribution is 2.24. The Morgan fingerprint density at radius 2 is 2.00 bits per heavy atom. The molecule has 1 aromatic rings. The van der Waals surface area contributed by atoms with Gasteiger partial charge in [0.15, 0.2) is 5.96 Å². The molecule has 1 aromatic carbocycles. The van der Waals surface area contributed by atoms with Gasteiger partial charge < -0.3 is 10.6 Å². The molecule has 3 nitrogen and oxygen atoms in total. The molecule has 2 rings (SSSR count). The molecular weight excluding hydrogens is 281 g/mol. The van der Waals surface area contributed by atoms with E-state index in [1.54, 1.807) is 0 Å². The summed E-state index contributed by atoms with van der Waals surface area (Å²) in [5, 5.41) is 8.04. The van der Waals surface area contributed by atoms with Gasteiger partial charge in [-0.1, -0.05) is 29.3 Å². The van der Waals surface area contributed by atoms with Crippen LogP contribution in [0.4, 0.5) is 0 Å². The molecule has 0 saturated heterocycles. The van der Waals surface area contributed by atoms with Crippen LogP contribution < -0.4 is 10.6 Å². The average molecular weight is 300 g/mol. The van der Waals surface area contributed by atoms with Gasteiger partial charge in [0.05, 0.1) is 0 Å². The van der Waals surface area contributed by atoms with E-state index in [1.807, 2.05) is 18.2 Å². The molecule has 0 aliphatic heterocycles. The first-order valence-electron chi connectivity index (χ1n) is 6.68. The fourth-order valence-corrected chi connectivity index (χ4v) is 2.38. The second-order valence-corrected chi connectivity index (χ2v) is 5.44. The predicted octanol–water partition coefficient (Wildman–Crippen LogP) is 3.25. The van der Waals surface area contributed by atoms with Crippen molar-refractivity contribution in [2.24, 2.45) is 4.99 Å². The summed E-state index contributed by atoms with van der Waals surface area (Å²) in [6, 6.07) is 6.18. The van der Waals surface area contributed by atoms with Crippen LogP contribution in [-0.4, -0.2) is 25.1 Å². The van der Waals surface area contributed by atoms with Crippen LogP contribution in [-0.2, 0) is 6.42 Å². The maximum absolute atomic E-state index is 6.14. The normalized spacial score (nSPS) is 15.4. The second kappa shape index (κ2) is 7.01. The third-order valence-electron chi connectivity index (χ3n) is 2.96. The monoisotopic (exact) mass is 299 g/mol. The van der Waals surface area contributed by atoms with Gasteiger partial charge in [0.2, 0.25) is 0 Å². The van der Waals surface area contributed by atoms with Crippen LogP contribution in [0.5, 0.6) is 0 Å². The van der Waals surface area contributed by atoms with E-state index in [2.05, 4.69) is 22.5 Å². The first-order valence-corrected chi connectivity index (χ1v) is 7.44. The summed E-state index contributed by atoms with van der Waals surface area (Å²) in [6.45, 7) is 3.60. The van der Waals surface area contributed by atoms with Crippen molar-refractivity contribution in [1.82, 2.24) is 10.6 Å². The fourth-order valence-electron chi connectivity index (χ4n) is 1.79. The number of nitrogens with zero attached hydrogens (tertiary/aromatic N) is 1. The lowest BCUT2D eigenvalue weighted by molar-refractivity contribution is 0.808. The number of aliphatic imine (C=N–C) groups is 1. The second-order valence-electron chi connectivity index (χ2n) is 4.63. The number of hydrogen-bond donors (Lipinski definition) is 2. The van der Waals surface area contributed by atoms with Crippen molar-refractivity contribution in [1.29, 1.82) is 0 Å². The van der Waals surface area contributed by atoms with Crippen LogP contribution in [0.1, 0.15) is 25.3 Å². The Balaban J connectivity index is 1.92. The van der Waals surface area contributed by atoms with E-state index in [9.17, 15) is 0 Å². The Morgan fingerprint density at radius 1 is 1.32 bits per heavy atom. The molecule has 0 spiro atoms. The Morgan fingerprint density at radius 3 is 2.58 bits per heavy atom. The Kier molecular flexibility index (Phi) is 5.34. The third kappa shape index (κ3) is 4.59. The van der Waals surface area contributed by atoms with E-state index in [0.717, 1.165) is 24.5 Å². The molecule has 1 aliphatic rings. The number of nitrogens with one attached hydrogen (secondary N) is 2. The Bertz CT molecular complexity index is 436. The zero-order chi connectivity index (χ0) is 13.7. The summed E-state index contributed by atoms with van der Waals surface area (Å²) >= 11 is 12.3. The highest BCUT2D eigenvalue weighted by atomic mass is 35.5. The van der Waals surface area contributed by atoms with Crippen molar-refractivity contribution >= 4 is 29.2 Å². The van der Waals surface area contributed by atoms with Crippen LogP contribution in [0.25, 0.3) is 0 Å². The number of benzene rings is 1. The van der Waals surface area contributed by atoms with Crippen molar-refractivity contribution < 1.29 is 0 Å². The number of hydrogen-bond acceptors (Lipinski definition) is 1. The molecule has 0 atom stereocenters. The SMILES string of the molecule is CCNC(=NCCc1c(Cl)cccc1Cl)NC1CC1. The third-order valence-corrected chi connectivity index (χ3v) is 3.66. The molecule has 0 aromatic heterocycles. The van der Waals surface area contributed by atoms with E-state index in [-0.39, 0.29) is 0 Å². The molecule has 0 unspecified atom stereocenters. The maximum Gasteiger partial charge on any atom is 0.191 e. The zero-order valence-corrected chi connectivity index (χ0v) is 12.6. The van der Waals surface area contributed by atoms with E-state index < -0.39 is 0 Å². The average Bonchev–Trinajstić information content (AvgIpc) is 3.17. The molecule has 104 valence electrons. The van der Waals surface area contributed by atoms with E-state index in [1.165, 1.54) is 12.8 Å². The van der Waals surface area contributed by atoms with Crippen molar-refractivity contribution in [2.75, 3.05) is 13.1 Å². The van der Waals surface area contributed by atoms with Gasteiger partial charge >= 0.3 is 0 Å². The minimum Gasteiger partial charge on any atom is -0.357 e. The van der Waals surface area contributed by atoms with Gasteiger partial charge in [-0.3, -0.25) is 4.99 Å². The van der Waals surface area contributed by atoms with Gasteiger partial charge in [0.25, 0.3) is 0 Å². The molecule has 0 radical (unpaired) electrons. The van der Waals surface area contributed by atoms with Gasteiger partial charge in [-0.2, -0.15) is 0 Å². The molecule has 1 fully saturated rings. The molecule has 0 heterocycles. The summed E-state index contributed by atoms with van der Waals surface area (Å²) in [7, 11) is 0. The van der Waals surface area contributed by atoms with Gasteiger partial charge in [0.1, 0.15) is 0 Å². The number of guanidine groups is 1. The van der Waals surface area contributed by atoms with Crippen LogP contribution in [0.2, 0.25) is 10.0 Å². The minimum absolute atomic E-state index is 0.599. The maximum atomic E-state index is 6.14. The molecular formula is C14H19Cl2N3. The summed E-state index contributed by atoms with van der Waals surface area (Å²) in [5.41, 5.74) is 0.969. The lowest BCUT2D eigenvalue weighted by Gasteiger charge is -2.10. The number of rotatable bonds is 5. The van der Waals surface area contributed by atoms with E-state index in [4.69, 9.17) is 23.2 Å². The standard InChI is InChI=1S/C14H19Cl2N3/c1-2-17-14(19-10-6-7-10)18-9-8-11-12(15)4-3-5-13(11)16/h3-5,10H,2,6-9H2,1H3,(H2,17,18,19). The van der Waals surface area contributed by atoms with Gasteiger partial charge in [-0.15, -0.1) is 0 Å². The quantitative estimate of drug-likeness (QED) is 0.647. The lowest BCUT2D eigenvalue weighted by atomic mass is 10.1. The highest BCUT2D eigenvalue weighted by molar-refractivity contribution is 6.35. The minimum atomic E-state index is 0.599. The van der Waals surface area contributed by atoms with Crippen LogP contribution in [0.15, 0.2) is 23.2 Å². The smallest absolute Gasteiger partial charge is 0.191 e. The molecule has 19 heavy (non-hydrogen) atoms. The Labute approximate surface area is 124 Å². The molecule has 5 heteroatoms. The van der Waals surface area contributed by atoms with Crippen LogP contribution >= 0.6 is 23.2 Å². The largest absolute Gasteiger partial charge is 0.357 e. The molecule has 2 N–H and O–H groups in total. The summed E-state index contributed by atoms with van der Waals surface area (Å²) < 4.78 is 0. The van der Waals surface area contributed by atoms with E-state index in [0.29, 0.717) is 22.6 Å². The lowest BCUT2D eigenvalue weighted by Crippen LogP contribution is -2.38. The topological polar surface area (TPSA) is 36.4 Å². The molecule has 1 saturated carbocycles. The number of halogens is 2. The van der Waals surface area contributed by atoms with E-state index >= 15 is 0 Å². The van der Waals surface area contributed by atoms with Crippen molar-refractivity contribution in [3.05, 3.63) is 33.8 Å². The highest BCUT2D eigenvalue weighted by Gasteiger charge is 2.21. The van der Waals surface area contributed by atoms with Gasteiger partial charge in [0, 0.05) is 29.2 Å². The first-order chi connectivity index (χ1) is 9.20. The molecule has 1 aliphatic carbocycles. The Hall–Kier alpha value is -0.930. The van der Waals surface area contributed by atoms with Gasteiger partial charge in [-0.25, -0.2) is 0 Å². The molecule has 0 amide bonds. The van der Waals surface area contributed by atoms with Crippen molar-refractivity contribution in [3.8, 4) is 0 Å². The van der Waals surface area contributed by atoms with Crippen molar-refractivity contribution in [3.63, 3.8) is 0 Å².